The van der Waals surface area contributed by atoms with Crippen LogP contribution in [-0.2, 0) is 16.1 Å². The SMILES string of the molecule is COCC(C)NC(=O)Cn1cccc(C#N)c1=O. The second-order valence-corrected chi connectivity index (χ2v) is 3.89. The number of hydrogen-bond donors (Lipinski definition) is 1. The molecule has 6 heteroatoms. The summed E-state index contributed by atoms with van der Waals surface area (Å²) in [6, 6.07) is 4.64. The van der Waals surface area contributed by atoms with Gasteiger partial charge in [-0.1, -0.05) is 0 Å². The minimum absolute atomic E-state index is 0.0234. The fraction of sp³-hybridized carbons (Fsp3) is 0.417. The zero-order valence-corrected chi connectivity index (χ0v) is 10.3. The lowest BCUT2D eigenvalue weighted by atomic mass is 10.3. The molecule has 0 fully saturated rings. The summed E-state index contributed by atoms with van der Waals surface area (Å²) >= 11 is 0. The molecule has 0 aliphatic rings. The van der Waals surface area contributed by atoms with Crippen LogP contribution in [0.15, 0.2) is 23.1 Å². The van der Waals surface area contributed by atoms with Crippen LogP contribution in [0, 0.1) is 11.3 Å². The Morgan fingerprint density at radius 3 is 3.00 bits per heavy atom. The number of pyridine rings is 1. The third-order valence-corrected chi connectivity index (χ3v) is 2.28. The molecule has 0 aromatic carbocycles. The Bertz CT molecular complexity index is 516. The highest BCUT2D eigenvalue weighted by Crippen LogP contribution is 1.90. The van der Waals surface area contributed by atoms with Crippen molar-refractivity contribution in [3.05, 3.63) is 34.2 Å². The first-order valence-electron chi connectivity index (χ1n) is 5.46. The van der Waals surface area contributed by atoms with Gasteiger partial charge in [-0.25, -0.2) is 0 Å². The van der Waals surface area contributed by atoms with Gasteiger partial charge in [0.05, 0.1) is 6.61 Å². The van der Waals surface area contributed by atoms with E-state index in [0.717, 1.165) is 0 Å². The fourth-order valence-corrected chi connectivity index (χ4v) is 1.51. The second-order valence-electron chi connectivity index (χ2n) is 3.89. The summed E-state index contributed by atoms with van der Waals surface area (Å²) in [5.74, 6) is -0.295. The first-order chi connectivity index (χ1) is 8.58. The molecule has 6 nitrogen and oxygen atoms in total. The number of nitriles is 1. The number of amides is 1. The van der Waals surface area contributed by atoms with Crippen LogP contribution in [0.25, 0.3) is 0 Å². The van der Waals surface area contributed by atoms with Crippen LogP contribution in [0.4, 0.5) is 0 Å². The predicted octanol–water partition coefficient (Wildman–Crippen LogP) is -0.129. The molecule has 1 unspecified atom stereocenters. The summed E-state index contributed by atoms with van der Waals surface area (Å²) in [5, 5.41) is 11.4. The van der Waals surface area contributed by atoms with Gasteiger partial charge in [-0.05, 0) is 19.1 Å². The molecule has 0 aliphatic heterocycles. The van der Waals surface area contributed by atoms with E-state index in [1.165, 1.54) is 16.8 Å². The zero-order chi connectivity index (χ0) is 13.5. The number of nitrogens with one attached hydrogen (secondary N) is 1. The van der Waals surface area contributed by atoms with Crippen molar-refractivity contribution >= 4 is 5.91 Å². The number of carbonyl (C=O) groups excluding carboxylic acids is 1. The monoisotopic (exact) mass is 249 g/mol. The fourth-order valence-electron chi connectivity index (χ4n) is 1.51. The Labute approximate surface area is 105 Å². The Morgan fingerprint density at radius 2 is 2.39 bits per heavy atom. The molecule has 0 saturated heterocycles. The maximum absolute atomic E-state index is 11.7. The van der Waals surface area contributed by atoms with Crippen molar-refractivity contribution in [2.75, 3.05) is 13.7 Å². The van der Waals surface area contributed by atoms with E-state index in [-0.39, 0.29) is 24.1 Å². The third kappa shape index (κ3) is 3.71. The largest absolute Gasteiger partial charge is 0.383 e. The lowest BCUT2D eigenvalue weighted by molar-refractivity contribution is -0.122. The molecule has 0 radical (unpaired) electrons. The van der Waals surface area contributed by atoms with E-state index in [9.17, 15) is 9.59 Å². The molecule has 1 amide bonds. The highest BCUT2D eigenvalue weighted by atomic mass is 16.5. The second kappa shape index (κ2) is 6.57. The van der Waals surface area contributed by atoms with Crippen molar-refractivity contribution < 1.29 is 9.53 Å². The minimum atomic E-state index is -0.463. The highest BCUT2D eigenvalue weighted by molar-refractivity contribution is 5.76. The Hall–Kier alpha value is -2.13. The number of ether oxygens (including phenoxy) is 1. The molecule has 0 aliphatic carbocycles. The lowest BCUT2D eigenvalue weighted by Gasteiger charge is -2.13. The number of aromatic nitrogens is 1. The summed E-state index contributed by atoms with van der Waals surface area (Å²) in [5.41, 5.74) is -0.440. The molecule has 0 spiro atoms. The summed E-state index contributed by atoms with van der Waals surface area (Å²) < 4.78 is 6.09. The van der Waals surface area contributed by atoms with Gasteiger partial charge in [0, 0.05) is 19.3 Å². The van der Waals surface area contributed by atoms with E-state index in [1.54, 1.807) is 26.2 Å². The topological polar surface area (TPSA) is 84.1 Å². The average molecular weight is 249 g/mol. The van der Waals surface area contributed by atoms with Gasteiger partial charge in [0.2, 0.25) is 5.91 Å². The van der Waals surface area contributed by atoms with Crippen molar-refractivity contribution in [1.82, 2.24) is 9.88 Å². The molecule has 1 atom stereocenters. The molecule has 18 heavy (non-hydrogen) atoms. The normalized spacial score (nSPS) is 11.6. The smallest absolute Gasteiger partial charge is 0.268 e. The van der Waals surface area contributed by atoms with Gasteiger partial charge >= 0.3 is 0 Å². The number of carbonyl (C=O) groups is 1. The van der Waals surface area contributed by atoms with Crippen molar-refractivity contribution in [2.45, 2.75) is 19.5 Å². The maximum Gasteiger partial charge on any atom is 0.268 e. The molecule has 1 aromatic heterocycles. The average Bonchev–Trinajstić information content (AvgIpc) is 2.32. The molecule has 1 N–H and O–H groups in total. The lowest BCUT2D eigenvalue weighted by Crippen LogP contribution is -2.39. The molecule has 1 aromatic rings. The Kier molecular flexibility index (Phi) is 5.08. The van der Waals surface area contributed by atoms with Gasteiger partial charge in [-0.3, -0.25) is 9.59 Å². The van der Waals surface area contributed by atoms with Crippen LogP contribution in [0.2, 0.25) is 0 Å². The van der Waals surface area contributed by atoms with Gasteiger partial charge in [0.25, 0.3) is 5.56 Å². The number of hydrogen-bond acceptors (Lipinski definition) is 4. The summed E-state index contributed by atoms with van der Waals surface area (Å²) in [6.07, 6.45) is 1.48. The Morgan fingerprint density at radius 1 is 1.67 bits per heavy atom. The van der Waals surface area contributed by atoms with Gasteiger partial charge in [-0.2, -0.15) is 5.26 Å². The first kappa shape index (κ1) is 13.9. The summed E-state index contributed by atoms with van der Waals surface area (Å²) in [4.78, 5) is 23.3. The quantitative estimate of drug-likeness (QED) is 0.788. The van der Waals surface area contributed by atoms with E-state index >= 15 is 0 Å². The van der Waals surface area contributed by atoms with Gasteiger partial charge in [-0.15, -0.1) is 0 Å². The van der Waals surface area contributed by atoms with Crippen molar-refractivity contribution in [3.8, 4) is 6.07 Å². The number of methoxy groups -OCH3 is 1. The minimum Gasteiger partial charge on any atom is -0.383 e. The number of nitrogens with zero attached hydrogens (tertiary/aromatic N) is 2. The molecule has 0 saturated carbocycles. The maximum atomic E-state index is 11.7. The molecule has 1 heterocycles. The molecular formula is C12H15N3O3. The van der Waals surface area contributed by atoms with Gasteiger partial charge in [0.15, 0.2) is 0 Å². The Balaban J connectivity index is 2.72. The molecule has 0 bridgehead atoms. The highest BCUT2D eigenvalue weighted by Gasteiger charge is 2.09. The third-order valence-electron chi connectivity index (χ3n) is 2.28. The van der Waals surface area contributed by atoms with E-state index in [0.29, 0.717) is 6.61 Å². The summed E-state index contributed by atoms with van der Waals surface area (Å²) in [6.45, 7) is 2.09. The zero-order valence-electron chi connectivity index (χ0n) is 10.3. The van der Waals surface area contributed by atoms with E-state index < -0.39 is 5.56 Å². The first-order valence-corrected chi connectivity index (χ1v) is 5.46. The molecule has 96 valence electrons. The molecular weight excluding hydrogens is 234 g/mol. The predicted molar refractivity (Wildman–Crippen MR) is 64.9 cm³/mol. The van der Waals surface area contributed by atoms with Crippen LogP contribution in [0.1, 0.15) is 12.5 Å². The van der Waals surface area contributed by atoms with Crippen molar-refractivity contribution in [2.24, 2.45) is 0 Å². The van der Waals surface area contributed by atoms with Crippen LogP contribution >= 0.6 is 0 Å². The van der Waals surface area contributed by atoms with E-state index in [4.69, 9.17) is 10.00 Å². The van der Waals surface area contributed by atoms with Crippen LogP contribution < -0.4 is 10.9 Å². The van der Waals surface area contributed by atoms with E-state index in [2.05, 4.69) is 5.32 Å². The van der Waals surface area contributed by atoms with Crippen molar-refractivity contribution in [1.29, 1.82) is 5.26 Å². The van der Waals surface area contributed by atoms with Gasteiger partial charge < -0.3 is 14.6 Å². The standard InChI is InChI=1S/C12H15N3O3/c1-9(8-18-2)14-11(16)7-15-5-3-4-10(6-13)12(15)17/h3-5,9H,7-8H2,1-2H3,(H,14,16). The van der Waals surface area contributed by atoms with E-state index in [1.807, 2.05) is 0 Å². The van der Waals surface area contributed by atoms with Crippen LogP contribution in [0.5, 0.6) is 0 Å². The van der Waals surface area contributed by atoms with Crippen LogP contribution in [-0.4, -0.2) is 30.2 Å². The summed E-state index contributed by atoms with van der Waals surface area (Å²) in [7, 11) is 1.55. The van der Waals surface area contributed by atoms with Gasteiger partial charge in [0.1, 0.15) is 18.2 Å². The number of rotatable bonds is 5. The van der Waals surface area contributed by atoms with Crippen LogP contribution in [0.3, 0.4) is 0 Å². The molecule has 1 rings (SSSR count). The van der Waals surface area contributed by atoms with Crippen molar-refractivity contribution in [3.63, 3.8) is 0 Å².